The first-order valence-electron chi connectivity index (χ1n) is 23.2. The zero-order chi connectivity index (χ0) is 44.1. The Bertz CT molecular complexity index is 1300. The summed E-state index contributed by atoms with van der Waals surface area (Å²) in [5.41, 5.74) is 0. The summed E-state index contributed by atoms with van der Waals surface area (Å²) in [6, 6.07) is 0. The molecule has 6 atom stereocenters. The van der Waals surface area contributed by atoms with Crippen LogP contribution in [0.25, 0.3) is 0 Å². The molecule has 2 unspecified atom stereocenters. The van der Waals surface area contributed by atoms with Crippen molar-refractivity contribution in [3.63, 3.8) is 0 Å². The van der Waals surface area contributed by atoms with Crippen molar-refractivity contribution < 1.29 is 56.8 Å². The van der Waals surface area contributed by atoms with Crippen LogP contribution in [0, 0.1) is 0 Å². The highest BCUT2D eigenvalue weighted by Gasteiger charge is 2.46. The lowest BCUT2D eigenvalue weighted by molar-refractivity contribution is -0.297. The molecule has 0 radical (unpaired) electrons. The van der Waals surface area contributed by atoms with Crippen molar-refractivity contribution in [1.29, 1.82) is 0 Å². The van der Waals surface area contributed by atoms with Gasteiger partial charge in [0.1, 0.15) is 36.8 Å². The number of carbonyl (C=O) groups is 2. The lowest BCUT2D eigenvalue weighted by Gasteiger charge is -2.40. The standard InChI is InChI=1S/C47H82O12S/c1-3-5-7-9-11-13-15-17-19-20-22-24-26-28-30-32-34-36-43(49)58-40(38-57-47-46(52)45(51)44(50)41(59-47)39-60(53,54)55)37-56-42(48)35-33-31-29-27-25-23-21-18-16-14-12-10-8-6-4-2/h11,13,17-19,21-22,24,40-41,44-47,50-52H,3-10,12,14-16,20,23,25-39H2,1-2H3,(H,53,54,55)/b13-11+,19-17+,21-18+,24-22+/t40-,41-,44-,45?,46?,47+/m1/s1. The third kappa shape index (κ3) is 31.5. The summed E-state index contributed by atoms with van der Waals surface area (Å²) < 4.78 is 54.1. The third-order valence-corrected chi connectivity index (χ3v) is 11.1. The molecule has 1 fully saturated rings. The Morgan fingerprint density at radius 2 is 1.00 bits per heavy atom. The van der Waals surface area contributed by atoms with Gasteiger partial charge in [-0.2, -0.15) is 8.42 Å². The van der Waals surface area contributed by atoms with Crippen molar-refractivity contribution in [3.05, 3.63) is 48.6 Å². The Kier molecular flexibility index (Phi) is 34.5. The van der Waals surface area contributed by atoms with Gasteiger partial charge < -0.3 is 34.3 Å². The monoisotopic (exact) mass is 871 g/mol. The smallest absolute Gasteiger partial charge is 0.306 e. The molecule has 0 amide bonds. The summed E-state index contributed by atoms with van der Waals surface area (Å²) in [6.45, 7) is 3.70. The van der Waals surface area contributed by atoms with Gasteiger partial charge in [-0.3, -0.25) is 14.1 Å². The summed E-state index contributed by atoms with van der Waals surface area (Å²) in [5, 5.41) is 30.9. The molecule has 0 aliphatic carbocycles. The van der Waals surface area contributed by atoms with E-state index in [-0.39, 0.29) is 19.4 Å². The van der Waals surface area contributed by atoms with Gasteiger partial charge >= 0.3 is 11.9 Å². The molecule has 0 aromatic carbocycles. The average Bonchev–Trinajstić information content (AvgIpc) is 3.21. The third-order valence-electron chi connectivity index (χ3n) is 10.4. The summed E-state index contributed by atoms with van der Waals surface area (Å²) in [5.74, 6) is -2.02. The summed E-state index contributed by atoms with van der Waals surface area (Å²) >= 11 is 0. The van der Waals surface area contributed by atoms with Gasteiger partial charge in [-0.05, 0) is 77.0 Å². The number of hydrogen-bond acceptors (Lipinski definition) is 11. The van der Waals surface area contributed by atoms with Gasteiger partial charge in [0.25, 0.3) is 10.1 Å². The Morgan fingerprint density at radius 1 is 0.567 bits per heavy atom. The fourth-order valence-corrected chi connectivity index (χ4v) is 7.43. The molecule has 0 bridgehead atoms. The molecule has 1 aliphatic rings. The van der Waals surface area contributed by atoms with Crippen LogP contribution in [-0.4, -0.2) is 96.0 Å². The lowest BCUT2D eigenvalue weighted by atomic mass is 10.00. The first-order chi connectivity index (χ1) is 29.0. The highest BCUT2D eigenvalue weighted by atomic mass is 32.2. The number of esters is 2. The Hall–Kier alpha value is -2.39. The van der Waals surface area contributed by atoms with Crippen molar-refractivity contribution >= 4 is 22.1 Å². The second-order valence-electron chi connectivity index (χ2n) is 16.1. The van der Waals surface area contributed by atoms with E-state index in [1.165, 1.54) is 57.8 Å². The Morgan fingerprint density at radius 3 is 1.53 bits per heavy atom. The van der Waals surface area contributed by atoms with Gasteiger partial charge in [0.15, 0.2) is 12.4 Å². The molecule has 1 saturated heterocycles. The van der Waals surface area contributed by atoms with Crippen LogP contribution in [-0.2, 0) is 38.7 Å². The van der Waals surface area contributed by atoms with Gasteiger partial charge in [0.2, 0.25) is 0 Å². The molecule has 348 valence electrons. The average molecular weight is 871 g/mol. The van der Waals surface area contributed by atoms with Crippen LogP contribution < -0.4 is 0 Å². The molecule has 4 N–H and O–H groups in total. The van der Waals surface area contributed by atoms with E-state index in [1.807, 2.05) is 0 Å². The minimum atomic E-state index is -4.61. The number of aliphatic hydroxyl groups is 3. The van der Waals surface area contributed by atoms with Gasteiger partial charge in [-0.15, -0.1) is 0 Å². The van der Waals surface area contributed by atoms with Gasteiger partial charge in [0, 0.05) is 12.8 Å². The zero-order valence-corrected chi connectivity index (χ0v) is 37.9. The molecular weight excluding hydrogens is 789 g/mol. The highest BCUT2D eigenvalue weighted by Crippen LogP contribution is 2.24. The number of hydrogen-bond donors (Lipinski definition) is 4. The van der Waals surface area contributed by atoms with E-state index in [0.717, 1.165) is 83.5 Å². The predicted molar refractivity (Wildman–Crippen MR) is 238 cm³/mol. The van der Waals surface area contributed by atoms with Crippen LogP contribution in [0.3, 0.4) is 0 Å². The Balaban J connectivity index is 2.47. The number of rotatable bonds is 38. The molecule has 0 spiro atoms. The second-order valence-corrected chi connectivity index (χ2v) is 17.6. The number of unbranched alkanes of at least 4 members (excludes halogenated alkanes) is 18. The molecule has 0 aromatic rings. The van der Waals surface area contributed by atoms with Crippen molar-refractivity contribution in [2.75, 3.05) is 19.0 Å². The van der Waals surface area contributed by atoms with Gasteiger partial charge in [-0.1, -0.05) is 140 Å². The van der Waals surface area contributed by atoms with E-state index in [1.54, 1.807) is 0 Å². The molecule has 1 heterocycles. The first kappa shape index (κ1) is 55.6. The summed E-state index contributed by atoms with van der Waals surface area (Å²) in [4.78, 5) is 25.4. The quantitative estimate of drug-likeness (QED) is 0.0200. The highest BCUT2D eigenvalue weighted by molar-refractivity contribution is 7.85. The number of ether oxygens (including phenoxy) is 4. The van der Waals surface area contributed by atoms with Gasteiger partial charge in [0.05, 0.1) is 6.61 Å². The van der Waals surface area contributed by atoms with Gasteiger partial charge in [-0.25, -0.2) is 0 Å². The fourth-order valence-electron chi connectivity index (χ4n) is 6.74. The molecule has 13 heteroatoms. The van der Waals surface area contributed by atoms with E-state index >= 15 is 0 Å². The molecular formula is C47H82O12S. The maximum atomic E-state index is 12.8. The van der Waals surface area contributed by atoms with Crippen molar-refractivity contribution in [1.82, 2.24) is 0 Å². The van der Waals surface area contributed by atoms with Crippen LogP contribution in [0.5, 0.6) is 0 Å². The largest absolute Gasteiger partial charge is 0.462 e. The van der Waals surface area contributed by atoms with Crippen LogP contribution >= 0.6 is 0 Å². The Labute approximate surface area is 363 Å². The maximum absolute atomic E-state index is 12.8. The zero-order valence-electron chi connectivity index (χ0n) is 37.1. The molecule has 12 nitrogen and oxygen atoms in total. The van der Waals surface area contributed by atoms with Crippen molar-refractivity contribution in [2.24, 2.45) is 0 Å². The fraction of sp³-hybridized carbons (Fsp3) is 0.787. The molecule has 1 aliphatic heterocycles. The summed E-state index contributed by atoms with van der Waals surface area (Å²) in [7, 11) is -4.61. The van der Waals surface area contributed by atoms with E-state index in [4.69, 9.17) is 18.9 Å². The van der Waals surface area contributed by atoms with E-state index < -0.39 is 71.2 Å². The molecule has 0 aromatic heterocycles. The SMILES string of the molecule is CCCCC/C=C/C/C=C/C/C=C/CCCCCCC(=O)O[C@H](COC(=O)CCCCCCC/C=C/CCCCCCCC)CO[C@H]1O[C@H](CS(=O)(=O)O)[C@@H](O)C(O)C1O. The summed E-state index contributed by atoms with van der Waals surface area (Å²) in [6.07, 6.45) is 34.3. The van der Waals surface area contributed by atoms with E-state index in [2.05, 4.69) is 62.5 Å². The molecule has 0 saturated carbocycles. The lowest BCUT2D eigenvalue weighted by Crippen LogP contribution is -2.60. The van der Waals surface area contributed by atoms with Crippen LogP contribution in [0.15, 0.2) is 48.6 Å². The second kappa shape index (κ2) is 37.2. The number of aliphatic hydroxyl groups excluding tert-OH is 3. The minimum Gasteiger partial charge on any atom is -0.462 e. The van der Waals surface area contributed by atoms with Crippen LogP contribution in [0.4, 0.5) is 0 Å². The van der Waals surface area contributed by atoms with E-state index in [9.17, 15) is 37.9 Å². The predicted octanol–water partition coefficient (Wildman–Crippen LogP) is 9.56. The topological polar surface area (TPSA) is 186 Å². The van der Waals surface area contributed by atoms with E-state index in [0.29, 0.717) is 12.8 Å². The molecule has 1 rings (SSSR count). The molecule has 60 heavy (non-hydrogen) atoms. The normalized spacial score (nSPS) is 20.5. The first-order valence-corrected chi connectivity index (χ1v) is 24.8. The van der Waals surface area contributed by atoms with Crippen molar-refractivity contribution in [3.8, 4) is 0 Å². The number of carbonyl (C=O) groups excluding carboxylic acids is 2. The van der Waals surface area contributed by atoms with Crippen molar-refractivity contribution in [2.45, 2.75) is 218 Å². The van der Waals surface area contributed by atoms with Crippen LogP contribution in [0.1, 0.15) is 181 Å². The minimum absolute atomic E-state index is 0.136. The maximum Gasteiger partial charge on any atom is 0.306 e. The van der Waals surface area contributed by atoms with Crippen LogP contribution in [0.2, 0.25) is 0 Å². The number of allylic oxidation sites excluding steroid dienone is 8.